The molecular weight excluding hydrogens is 260 g/mol. The molecule has 20 heavy (non-hydrogen) atoms. The molecule has 6 nitrogen and oxygen atoms in total. The molecule has 3 N–H and O–H groups in total. The van der Waals surface area contributed by atoms with Crippen LogP contribution in [0, 0.1) is 0 Å². The van der Waals surface area contributed by atoms with Crippen LogP contribution in [-0.2, 0) is 11.3 Å². The van der Waals surface area contributed by atoms with E-state index in [9.17, 15) is 4.79 Å². The van der Waals surface area contributed by atoms with E-state index >= 15 is 0 Å². The van der Waals surface area contributed by atoms with E-state index in [1.807, 2.05) is 24.3 Å². The smallest absolute Gasteiger partial charge is 0.234 e. The zero-order valence-electron chi connectivity index (χ0n) is 11.7. The van der Waals surface area contributed by atoms with Crippen molar-refractivity contribution in [1.29, 1.82) is 0 Å². The highest BCUT2D eigenvalue weighted by Crippen LogP contribution is 2.16. The van der Waals surface area contributed by atoms with Crippen molar-refractivity contribution in [3.05, 3.63) is 29.8 Å². The second-order valence-electron chi connectivity index (χ2n) is 4.31. The van der Waals surface area contributed by atoms with Gasteiger partial charge in [0, 0.05) is 25.2 Å². The molecule has 6 heteroatoms. The number of ether oxygens (including phenoxy) is 1. The summed E-state index contributed by atoms with van der Waals surface area (Å²) in [5.74, 6) is 0.577. The molecule has 0 saturated heterocycles. The highest BCUT2D eigenvalue weighted by atomic mass is 16.5. The Balaban J connectivity index is 2.45. The average Bonchev–Trinajstić information content (AvgIpc) is 2.46. The molecular formula is C14H22N2O4. The number of aliphatic hydroxyl groups is 2. The third-order valence-corrected chi connectivity index (χ3v) is 2.87. The van der Waals surface area contributed by atoms with Crippen molar-refractivity contribution in [2.45, 2.75) is 6.54 Å². The molecule has 0 unspecified atom stereocenters. The van der Waals surface area contributed by atoms with Gasteiger partial charge in [-0.2, -0.15) is 0 Å². The first-order chi connectivity index (χ1) is 9.71. The van der Waals surface area contributed by atoms with Crippen molar-refractivity contribution in [2.75, 3.05) is 40.0 Å². The van der Waals surface area contributed by atoms with E-state index in [0.29, 0.717) is 19.6 Å². The Kier molecular flexibility index (Phi) is 7.64. The van der Waals surface area contributed by atoms with Crippen LogP contribution in [0.2, 0.25) is 0 Å². The Labute approximate surface area is 119 Å². The molecule has 0 bridgehead atoms. The average molecular weight is 282 g/mol. The molecule has 0 spiro atoms. The van der Waals surface area contributed by atoms with Gasteiger partial charge >= 0.3 is 0 Å². The van der Waals surface area contributed by atoms with E-state index in [1.165, 1.54) is 0 Å². The minimum atomic E-state index is -0.155. The lowest BCUT2D eigenvalue weighted by molar-refractivity contribution is -0.122. The molecule has 0 saturated carbocycles. The number of amides is 1. The largest absolute Gasteiger partial charge is 0.496 e. The van der Waals surface area contributed by atoms with Gasteiger partial charge in [-0.1, -0.05) is 18.2 Å². The number of hydrogen-bond donors (Lipinski definition) is 3. The summed E-state index contributed by atoms with van der Waals surface area (Å²) in [7, 11) is 1.59. The third-order valence-electron chi connectivity index (χ3n) is 2.87. The summed E-state index contributed by atoms with van der Waals surface area (Å²) in [6.45, 7) is 1.18. The lowest BCUT2D eigenvalue weighted by atomic mass is 10.2. The number of nitrogens with zero attached hydrogens (tertiary/aromatic N) is 1. The Morgan fingerprint density at radius 1 is 1.25 bits per heavy atom. The molecule has 0 atom stereocenters. The van der Waals surface area contributed by atoms with Gasteiger partial charge in [0.15, 0.2) is 0 Å². The van der Waals surface area contributed by atoms with E-state index in [4.69, 9.17) is 14.9 Å². The molecule has 1 aromatic rings. The molecule has 0 fully saturated rings. The van der Waals surface area contributed by atoms with Gasteiger partial charge < -0.3 is 20.3 Å². The number of carbonyl (C=O) groups is 1. The highest BCUT2D eigenvalue weighted by molar-refractivity contribution is 5.78. The van der Waals surface area contributed by atoms with Gasteiger partial charge in [-0.15, -0.1) is 0 Å². The fourth-order valence-electron chi connectivity index (χ4n) is 1.85. The standard InChI is InChI=1S/C14H22N2O4/c1-20-13-5-3-2-4-12(13)10-15-14(19)11-16(6-8-17)7-9-18/h2-5,17-18H,6-11H2,1H3,(H,15,19). The van der Waals surface area contributed by atoms with Gasteiger partial charge in [-0.3, -0.25) is 9.69 Å². The molecule has 0 aliphatic rings. The number of nitrogens with one attached hydrogen (secondary N) is 1. The van der Waals surface area contributed by atoms with Crippen LogP contribution in [0.5, 0.6) is 5.75 Å². The maximum absolute atomic E-state index is 11.8. The molecule has 1 rings (SSSR count). The maximum Gasteiger partial charge on any atom is 0.234 e. The van der Waals surface area contributed by atoms with Gasteiger partial charge in [0.25, 0.3) is 0 Å². The van der Waals surface area contributed by atoms with E-state index in [0.717, 1.165) is 11.3 Å². The minimum Gasteiger partial charge on any atom is -0.496 e. The second kappa shape index (κ2) is 9.30. The fraction of sp³-hybridized carbons (Fsp3) is 0.500. The van der Waals surface area contributed by atoms with Gasteiger partial charge in [0.2, 0.25) is 5.91 Å². The number of para-hydroxylation sites is 1. The van der Waals surface area contributed by atoms with Crippen molar-refractivity contribution in [3.63, 3.8) is 0 Å². The van der Waals surface area contributed by atoms with Crippen LogP contribution in [0.4, 0.5) is 0 Å². The quantitative estimate of drug-likeness (QED) is 0.574. The molecule has 0 aliphatic heterocycles. The molecule has 1 amide bonds. The predicted octanol–water partition coefficient (Wildman–Crippen LogP) is -0.402. The molecule has 0 aliphatic carbocycles. The summed E-state index contributed by atoms with van der Waals surface area (Å²) in [5, 5.41) is 20.6. The summed E-state index contributed by atoms with van der Waals surface area (Å²) in [6.07, 6.45) is 0. The van der Waals surface area contributed by atoms with E-state index in [2.05, 4.69) is 5.32 Å². The first-order valence-electron chi connectivity index (χ1n) is 6.54. The molecule has 112 valence electrons. The molecule has 1 aromatic carbocycles. The van der Waals surface area contributed by atoms with Crippen LogP contribution in [0.3, 0.4) is 0 Å². The summed E-state index contributed by atoms with van der Waals surface area (Å²) < 4.78 is 5.21. The monoisotopic (exact) mass is 282 g/mol. The van der Waals surface area contributed by atoms with Crippen molar-refractivity contribution in [2.24, 2.45) is 0 Å². The Morgan fingerprint density at radius 3 is 2.50 bits per heavy atom. The normalized spacial score (nSPS) is 10.6. The maximum atomic E-state index is 11.8. The third kappa shape index (κ3) is 5.56. The topological polar surface area (TPSA) is 82.0 Å². The highest BCUT2D eigenvalue weighted by Gasteiger charge is 2.10. The Morgan fingerprint density at radius 2 is 1.90 bits per heavy atom. The number of aliphatic hydroxyl groups excluding tert-OH is 2. The summed E-state index contributed by atoms with van der Waals surface area (Å²) in [6, 6.07) is 7.48. The summed E-state index contributed by atoms with van der Waals surface area (Å²) in [4.78, 5) is 13.5. The van der Waals surface area contributed by atoms with Crippen LogP contribution in [0.15, 0.2) is 24.3 Å². The number of benzene rings is 1. The van der Waals surface area contributed by atoms with Gasteiger partial charge in [0.05, 0.1) is 26.9 Å². The van der Waals surface area contributed by atoms with Crippen molar-refractivity contribution < 1.29 is 19.7 Å². The number of rotatable bonds is 9. The first kappa shape index (κ1) is 16.4. The minimum absolute atomic E-state index is 0.0419. The molecule has 0 radical (unpaired) electrons. The number of hydrogen-bond acceptors (Lipinski definition) is 5. The summed E-state index contributed by atoms with van der Waals surface area (Å²) in [5.41, 5.74) is 0.902. The molecule has 0 heterocycles. The number of methoxy groups -OCH3 is 1. The Hall–Kier alpha value is -1.63. The second-order valence-corrected chi connectivity index (χ2v) is 4.31. The van der Waals surface area contributed by atoms with Gasteiger partial charge in [0.1, 0.15) is 5.75 Å². The first-order valence-corrected chi connectivity index (χ1v) is 6.54. The van der Waals surface area contributed by atoms with E-state index in [1.54, 1.807) is 12.0 Å². The van der Waals surface area contributed by atoms with Crippen molar-refractivity contribution >= 4 is 5.91 Å². The van der Waals surface area contributed by atoms with Crippen LogP contribution in [-0.4, -0.2) is 61.0 Å². The van der Waals surface area contributed by atoms with Crippen LogP contribution in [0.25, 0.3) is 0 Å². The Bertz CT molecular complexity index is 406. The SMILES string of the molecule is COc1ccccc1CNC(=O)CN(CCO)CCO. The zero-order valence-corrected chi connectivity index (χ0v) is 11.7. The zero-order chi connectivity index (χ0) is 14.8. The van der Waals surface area contributed by atoms with Crippen LogP contribution < -0.4 is 10.1 Å². The number of carbonyl (C=O) groups excluding carboxylic acids is 1. The predicted molar refractivity (Wildman–Crippen MR) is 75.5 cm³/mol. The van der Waals surface area contributed by atoms with Crippen molar-refractivity contribution in [3.8, 4) is 5.75 Å². The summed E-state index contributed by atoms with van der Waals surface area (Å²) >= 11 is 0. The van der Waals surface area contributed by atoms with Crippen LogP contribution >= 0.6 is 0 Å². The lowest BCUT2D eigenvalue weighted by Crippen LogP contribution is -2.39. The fourth-order valence-corrected chi connectivity index (χ4v) is 1.85. The van der Waals surface area contributed by atoms with E-state index < -0.39 is 0 Å². The van der Waals surface area contributed by atoms with Gasteiger partial charge in [-0.25, -0.2) is 0 Å². The molecule has 0 aromatic heterocycles. The van der Waals surface area contributed by atoms with Gasteiger partial charge in [-0.05, 0) is 6.07 Å². The van der Waals surface area contributed by atoms with Crippen molar-refractivity contribution in [1.82, 2.24) is 10.2 Å². The lowest BCUT2D eigenvalue weighted by Gasteiger charge is -2.19. The van der Waals surface area contributed by atoms with Crippen LogP contribution in [0.1, 0.15) is 5.56 Å². The van der Waals surface area contributed by atoms with E-state index in [-0.39, 0.29) is 25.7 Å².